The molecule has 1 unspecified atom stereocenters. The number of halogens is 2. The van der Waals surface area contributed by atoms with Crippen LogP contribution in [0.4, 0.5) is 8.78 Å². The summed E-state index contributed by atoms with van der Waals surface area (Å²) in [6.07, 6.45) is 3.46. The SMILES string of the molecule is O=C1CCCc2nc(C3CCCC(F)(F)C3)sc21. The molecule has 98 valence electrons. The van der Waals surface area contributed by atoms with Crippen LogP contribution in [0, 0.1) is 0 Å². The summed E-state index contributed by atoms with van der Waals surface area (Å²) in [6, 6.07) is 0. The van der Waals surface area contributed by atoms with Gasteiger partial charge in [-0.3, -0.25) is 4.79 Å². The predicted molar refractivity (Wildman–Crippen MR) is 65.5 cm³/mol. The first-order chi connectivity index (χ1) is 8.55. The van der Waals surface area contributed by atoms with Gasteiger partial charge in [-0.25, -0.2) is 13.8 Å². The summed E-state index contributed by atoms with van der Waals surface area (Å²) in [4.78, 5) is 16.9. The molecule has 0 saturated heterocycles. The number of hydrogen-bond donors (Lipinski definition) is 0. The van der Waals surface area contributed by atoms with Crippen molar-refractivity contribution in [3.63, 3.8) is 0 Å². The fraction of sp³-hybridized carbons (Fsp3) is 0.692. The second-order valence-corrected chi connectivity index (χ2v) is 6.28. The van der Waals surface area contributed by atoms with Gasteiger partial charge in [0.05, 0.1) is 15.6 Å². The normalized spacial score (nSPS) is 27.0. The Morgan fingerprint density at radius 1 is 1.28 bits per heavy atom. The molecule has 1 aromatic heterocycles. The Labute approximate surface area is 108 Å². The Balaban J connectivity index is 1.87. The summed E-state index contributed by atoms with van der Waals surface area (Å²) in [6.45, 7) is 0. The van der Waals surface area contributed by atoms with Crippen LogP contribution in [-0.2, 0) is 6.42 Å². The van der Waals surface area contributed by atoms with E-state index in [1.807, 2.05) is 0 Å². The molecule has 2 aliphatic carbocycles. The molecule has 0 aromatic carbocycles. The first-order valence-corrected chi connectivity index (χ1v) is 7.27. The average Bonchev–Trinajstić information content (AvgIpc) is 2.73. The number of aromatic nitrogens is 1. The van der Waals surface area contributed by atoms with Crippen molar-refractivity contribution in [1.29, 1.82) is 0 Å². The number of aryl methyl sites for hydroxylation is 1. The van der Waals surface area contributed by atoms with E-state index in [4.69, 9.17) is 0 Å². The number of carbonyl (C=O) groups excluding carboxylic acids is 1. The van der Waals surface area contributed by atoms with Gasteiger partial charge in [-0.05, 0) is 25.7 Å². The summed E-state index contributed by atoms with van der Waals surface area (Å²) >= 11 is 1.36. The highest BCUT2D eigenvalue weighted by Gasteiger charge is 2.38. The summed E-state index contributed by atoms with van der Waals surface area (Å²) in [5.41, 5.74) is 0.847. The molecule has 2 aliphatic rings. The smallest absolute Gasteiger partial charge is 0.248 e. The van der Waals surface area contributed by atoms with Crippen LogP contribution in [0.2, 0.25) is 0 Å². The molecular formula is C13H15F2NOS. The van der Waals surface area contributed by atoms with Gasteiger partial charge in [-0.2, -0.15) is 0 Å². The lowest BCUT2D eigenvalue weighted by molar-refractivity contribution is -0.0408. The number of hydrogen-bond acceptors (Lipinski definition) is 3. The van der Waals surface area contributed by atoms with Crippen LogP contribution in [0.3, 0.4) is 0 Å². The first-order valence-electron chi connectivity index (χ1n) is 6.46. The van der Waals surface area contributed by atoms with Gasteiger partial charge in [0.15, 0.2) is 5.78 Å². The van der Waals surface area contributed by atoms with E-state index in [1.165, 1.54) is 11.3 Å². The van der Waals surface area contributed by atoms with Crippen LogP contribution < -0.4 is 0 Å². The summed E-state index contributed by atoms with van der Waals surface area (Å²) in [5.74, 6) is -2.57. The monoisotopic (exact) mass is 271 g/mol. The molecule has 0 bridgehead atoms. The molecule has 18 heavy (non-hydrogen) atoms. The number of alkyl halides is 2. The van der Waals surface area contributed by atoms with Crippen molar-refractivity contribution in [2.75, 3.05) is 0 Å². The molecule has 0 aliphatic heterocycles. The van der Waals surface area contributed by atoms with E-state index in [1.54, 1.807) is 0 Å². The predicted octanol–water partition coefficient (Wildman–Crippen LogP) is 3.96. The van der Waals surface area contributed by atoms with Crippen LogP contribution >= 0.6 is 11.3 Å². The number of carbonyl (C=O) groups is 1. The second kappa shape index (κ2) is 4.37. The highest BCUT2D eigenvalue weighted by molar-refractivity contribution is 7.14. The maximum absolute atomic E-state index is 13.4. The largest absolute Gasteiger partial charge is 0.293 e. The molecule has 3 rings (SSSR count). The van der Waals surface area contributed by atoms with Gasteiger partial charge in [-0.1, -0.05) is 0 Å². The minimum atomic E-state index is -2.56. The molecule has 0 spiro atoms. The zero-order valence-electron chi connectivity index (χ0n) is 10.0. The molecule has 1 fully saturated rings. The Hall–Kier alpha value is -0.840. The van der Waals surface area contributed by atoms with Crippen molar-refractivity contribution in [3.05, 3.63) is 15.6 Å². The minimum Gasteiger partial charge on any atom is -0.293 e. The van der Waals surface area contributed by atoms with Crippen molar-refractivity contribution in [3.8, 4) is 0 Å². The third-order valence-electron chi connectivity index (χ3n) is 3.77. The van der Waals surface area contributed by atoms with Crippen molar-refractivity contribution < 1.29 is 13.6 Å². The van der Waals surface area contributed by atoms with Crippen molar-refractivity contribution in [1.82, 2.24) is 4.98 Å². The van der Waals surface area contributed by atoms with Gasteiger partial charge in [0.25, 0.3) is 0 Å². The average molecular weight is 271 g/mol. The second-order valence-electron chi connectivity index (χ2n) is 5.25. The molecule has 1 saturated carbocycles. The Kier molecular flexibility index (Phi) is 2.96. The van der Waals surface area contributed by atoms with E-state index in [0.29, 0.717) is 12.8 Å². The molecule has 5 heteroatoms. The van der Waals surface area contributed by atoms with E-state index in [0.717, 1.165) is 34.8 Å². The van der Waals surface area contributed by atoms with Gasteiger partial charge in [-0.15, -0.1) is 11.3 Å². The van der Waals surface area contributed by atoms with Crippen LogP contribution in [0.15, 0.2) is 0 Å². The number of fused-ring (bicyclic) bond motifs is 1. The van der Waals surface area contributed by atoms with Gasteiger partial charge in [0.2, 0.25) is 5.92 Å². The zero-order chi connectivity index (χ0) is 12.8. The molecular weight excluding hydrogens is 256 g/mol. The topological polar surface area (TPSA) is 30.0 Å². The lowest BCUT2D eigenvalue weighted by Crippen LogP contribution is -2.24. The van der Waals surface area contributed by atoms with Crippen LogP contribution in [0.25, 0.3) is 0 Å². The number of rotatable bonds is 1. The highest BCUT2D eigenvalue weighted by Crippen LogP contribution is 2.43. The fourth-order valence-electron chi connectivity index (χ4n) is 2.84. The molecule has 1 atom stereocenters. The van der Waals surface area contributed by atoms with E-state index >= 15 is 0 Å². The quantitative estimate of drug-likeness (QED) is 0.774. The van der Waals surface area contributed by atoms with Crippen LogP contribution in [0.1, 0.15) is 64.8 Å². The summed E-state index contributed by atoms with van der Waals surface area (Å²) in [5, 5.41) is 0.759. The molecule has 0 radical (unpaired) electrons. The molecule has 1 aromatic rings. The van der Waals surface area contributed by atoms with Gasteiger partial charge in [0, 0.05) is 25.2 Å². The van der Waals surface area contributed by atoms with Crippen LogP contribution in [0.5, 0.6) is 0 Å². The molecule has 1 heterocycles. The first kappa shape index (κ1) is 12.2. The van der Waals surface area contributed by atoms with Crippen molar-refractivity contribution in [2.24, 2.45) is 0 Å². The van der Waals surface area contributed by atoms with E-state index < -0.39 is 5.92 Å². The van der Waals surface area contributed by atoms with Gasteiger partial charge >= 0.3 is 0 Å². The Morgan fingerprint density at radius 3 is 2.83 bits per heavy atom. The Morgan fingerprint density at radius 2 is 2.11 bits per heavy atom. The molecule has 0 amide bonds. The lowest BCUT2D eigenvalue weighted by Gasteiger charge is -2.27. The third kappa shape index (κ3) is 2.20. The van der Waals surface area contributed by atoms with Crippen molar-refractivity contribution in [2.45, 2.75) is 56.8 Å². The molecule has 2 nitrogen and oxygen atoms in total. The Bertz CT molecular complexity index is 483. The third-order valence-corrected chi connectivity index (χ3v) is 5.08. The standard InChI is InChI=1S/C13H15F2NOS/c14-13(15)6-2-3-8(7-13)12-16-9-4-1-5-10(17)11(9)18-12/h8H,1-7H2. The van der Waals surface area contributed by atoms with E-state index in [-0.39, 0.29) is 24.5 Å². The molecule has 0 N–H and O–H groups in total. The van der Waals surface area contributed by atoms with Crippen molar-refractivity contribution >= 4 is 17.1 Å². The van der Waals surface area contributed by atoms with E-state index in [2.05, 4.69) is 4.98 Å². The lowest BCUT2D eigenvalue weighted by atomic mass is 9.87. The van der Waals surface area contributed by atoms with Gasteiger partial charge < -0.3 is 0 Å². The number of ketones is 1. The fourth-order valence-corrected chi connectivity index (χ4v) is 4.06. The zero-order valence-corrected chi connectivity index (χ0v) is 10.9. The highest BCUT2D eigenvalue weighted by atomic mass is 32.1. The summed E-state index contributed by atoms with van der Waals surface area (Å²) in [7, 11) is 0. The maximum atomic E-state index is 13.4. The maximum Gasteiger partial charge on any atom is 0.248 e. The number of nitrogens with zero attached hydrogens (tertiary/aromatic N) is 1. The van der Waals surface area contributed by atoms with Crippen LogP contribution in [-0.4, -0.2) is 16.7 Å². The minimum absolute atomic E-state index is 0.00643. The van der Waals surface area contributed by atoms with E-state index in [9.17, 15) is 13.6 Å². The number of Topliss-reactive ketones (excluding diaryl/α,β-unsaturated/α-hetero) is 1. The number of thiazole rings is 1. The summed E-state index contributed by atoms with van der Waals surface area (Å²) < 4.78 is 26.8. The van der Waals surface area contributed by atoms with Gasteiger partial charge in [0.1, 0.15) is 0 Å².